The number of allylic oxidation sites excluding steroid dienone is 1. The molecule has 4 nitrogen and oxygen atoms in total. The molecule has 1 aliphatic rings. The van der Waals surface area contributed by atoms with Gasteiger partial charge in [0, 0.05) is 6.42 Å². The molecule has 0 radical (unpaired) electrons. The summed E-state index contributed by atoms with van der Waals surface area (Å²) in [5.74, 6) is -0.298. The molecule has 0 amide bonds. The number of carbonyl (C=O) groups is 1. The Kier molecular flexibility index (Phi) is 3.58. The molecule has 0 spiro atoms. The summed E-state index contributed by atoms with van der Waals surface area (Å²) in [5.41, 5.74) is 3.31. The van der Waals surface area contributed by atoms with Crippen molar-refractivity contribution in [1.29, 1.82) is 0 Å². The lowest BCUT2D eigenvalue weighted by atomic mass is 10.3. The van der Waals surface area contributed by atoms with E-state index in [1.807, 2.05) is 30.3 Å². The maximum Gasteiger partial charge on any atom is 0.346 e. The Morgan fingerprint density at radius 3 is 3.12 bits per heavy atom. The van der Waals surface area contributed by atoms with Crippen molar-refractivity contribution in [2.24, 2.45) is 7.05 Å². The minimum absolute atomic E-state index is 0.298. The predicted octanol–water partition coefficient (Wildman–Crippen LogP) is 0.897. The number of imidazole rings is 1. The van der Waals surface area contributed by atoms with Crippen molar-refractivity contribution < 1.29 is 14.1 Å². The Balaban J connectivity index is 1.68. The first-order chi connectivity index (χ1) is 8.25. The van der Waals surface area contributed by atoms with Crippen LogP contribution in [0.3, 0.4) is 0 Å². The van der Waals surface area contributed by atoms with Gasteiger partial charge >= 0.3 is 5.97 Å². The standard InChI is InChI=1S/C13H15N2O2/c1-14-8-9-15(11-14)7-4-10-17-13(16)12-5-2-3-6-12/h2-3,5,8-9,11H,4,7,10H2,1H3/q+1. The van der Waals surface area contributed by atoms with Gasteiger partial charge in [-0.2, -0.15) is 0 Å². The van der Waals surface area contributed by atoms with E-state index < -0.39 is 0 Å². The zero-order valence-electron chi connectivity index (χ0n) is 9.80. The van der Waals surface area contributed by atoms with Crippen LogP contribution in [0.4, 0.5) is 0 Å². The molecule has 1 heterocycles. The lowest BCUT2D eigenvalue weighted by Gasteiger charge is -2.02. The van der Waals surface area contributed by atoms with Crippen LogP contribution in [0.1, 0.15) is 6.42 Å². The van der Waals surface area contributed by atoms with E-state index in [2.05, 4.69) is 10.3 Å². The summed E-state index contributed by atoms with van der Waals surface area (Å²) in [4.78, 5) is 11.5. The van der Waals surface area contributed by atoms with Crippen molar-refractivity contribution in [2.75, 3.05) is 6.61 Å². The predicted molar refractivity (Wildman–Crippen MR) is 61.9 cm³/mol. The van der Waals surface area contributed by atoms with Gasteiger partial charge < -0.3 is 4.74 Å². The molecule has 1 aliphatic carbocycles. The SMILES string of the molecule is C[n+]1ccn(CCCOC(=O)C2=C=CC=C2)c1. The Labute approximate surface area is 100 Å². The molecule has 88 valence electrons. The minimum Gasteiger partial charge on any atom is -0.461 e. The van der Waals surface area contributed by atoms with E-state index in [-0.39, 0.29) is 5.97 Å². The molecule has 0 saturated heterocycles. The lowest BCUT2D eigenvalue weighted by molar-refractivity contribution is -0.671. The first-order valence-corrected chi connectivity index (χ1v) is 5.57. The molecule has 0 aromatic carbocycles. The summed E-state index contributed by atoms with van der Waals surface area (Å²) in [6, 6.07) is 0. The molecule has 1 aromatic rings. The molecule has 0 bridgehead atoms. The molecule has 0 unspecified atom stereocenters. The first-order valence-electron chi connectivity index (χ1n) is 5.57. The van der Waals surface area contributed by atoms with Gasteiger partial charge in [-0.25, -0.2) is 13.9 Å². The zero-order valence-corrected chi connectivity index (χ0v) is 9.80. The Hall–Kier alpha value is -2.06. The molecular weight excluding hydrogens is 216 g/mol. The van der Waals surface area contributed by atoms with Crippen molar-refractivity contribution in [1.82, 2.24) is 4.57 Å². The number of hydrogen-bond acceptors (Lipinski definition) is 2. The quantitative estimate of drug-likeness (QED) is 0.326. The number of nitrogens with zero attached hydrogens (tertiary/aromatic N) is 2. The third kappa shape index (κ3) is 3.20. The van der Waals surface area contributed by atoms with Crippen molar-refractivity contribution in [3.63, 3.8) is 0 Å². The smallest absolute Gasteiger partial charge is 0.346 e. The second kappa shape index (κ2) is 5.32. The second-order valence-corrected chi connectivity index (χ2v) is 3.89. The highest BCUT2D eigenvalue weighted by molar-refractivity contribution is 5.92. The topological polar surface area (TPSA) is 35.1 Å². The molecular formula is C13H15N2O2+. The normalized spacial score (nSPS) is 12.9. The molecule has 0 saturated carbocycles. The van der Waals surface area contributed by atoms with E-state index in [0.29, 0.717) is 12.2 Å². The van der Waals surface area contributed by atoms with Gasteiger partial charge in [0.2, 0.25) is 6.33 Å². The van der Waals surface area contributed by atoms with Crippen LogP contribution in [0.5, 0.6) is 0 Å². The molecule has 0 atom stereocenters. The van der Waals surface area contributed by atoms with Crippen molar-refractivity contribution in [3.05, 3.63) is 48.3 Å². The van der Waals surface area contributed by atoms with Gasteiger partial charge in [0.25, 0.3) is 0 Å². The number of esters is 1. The fourth-order valence-electron chi connectivity index (χ4n) is 1.58. The highest BCUT2D eigenvalue weighted by Gasteiger charge is 2.09. The highest BCUT2D eigenvalue weighted by atomic mass is 16.5. The van der Waals surface area contributed by atoms with Crippen LogP contribution >= 0.6 is 0 Å². The number of ether oxygens (including phenoxy) is 1. The van der Waals surface area contributed by atoms with E-state index in [4.69, 9.17) is 4.74 Å². The summed E-state index contributed by atoms with van der Waals surface area (Å²) in [6.45, 7) is 1.28. The summed E-state index contributed by atoms with van der Waals surface area (Å²) in [6.07, 6.45) is 12.0. The molecule has 4 heteroatoms. The van der Waals surface area contributed by atoms with Crippen molar-refractivity contribution in [2.45, 2.75) is 13.0 Å². The largest absolute Gasteiger partial charge is 0.461 e. The van der Waals surface area contributed by atoms with E-state index in [0.717, 1.165) is 13.0 Å². The molecule has 0 fully saturated rings. The second-order valence-electron chi connectivity index (χ2n) is 3.89. The summed E-state index contributed by atoms with van der Waals surface area (Å²) >= 11 is 0. The van der Waals surface area contributed by atoms with E-state index in [1.165, 1.54) is 0 Å². The van der Waals surface area contributed by atoms with Gasteiger partial charge in [0.1, 0.15) is 18.0 Å². The van der Waals surface area contributed by atoms with Gasteiger partial charge in [0.05, 0.1) is 20.2 Å². The molecule has 2 rings (SSSR count). The average Bonchev–Trinajstić information content (AvgIpc) is 2.95. The summed E-state index contributed by atoms with van der Waals surface area (Å²) in [7, 11) is 1.97. The third-order valence-electron chi connectivity index (χ3n) is 2.44. The van der Waals surface area contributed by atoms with Crippen LogP contribution in [-0.2, 0) is 23.1 Å². The Bertz CT molecular complexity index is 505. The number of aromatic nitrogens is 2. The summed E-state index contributed by atoms with van der Waals surface area (Å²) < 4.78 is 9.16. The first kappa shape index (κ1) is 11.4. The monoisotopic (exact) mass is 231 g/mol. The maximum atomic E-state index is 11.5. The van der Waals surface area contributed by atoms with E-state index >= 15 is 0 Å². The Morgan fingerprint density at radius 1 is 1.59 bits per heavy atom. The Morgan fingerprint density at radius 2 is 2.47 bits per heavy atom. The van der Waals surface area contributed by atoms with Crippen molar-refractivity contribution in [3.8, 4) is 0 Å². The molecule has 17 heavy (non-hydrogen) atoms. The van der Waals surface area contributed by atoms with Crippen LogP contribution < -0.4 is 4.57 Å². The van der Waals surface area contributed by atoms with Crippen LogP contribution in [0.2, 0.25) is 0 Å². The van der Waals surface area contributed by atoms with Gasteiger partial charge in [-0.3, -0.25) is 0 Å². The van der Waals surface area contributed by atoms with E-state index in [1.54, 1.807) is 18.2 Å². The molecule has 1 aromatic heterocycles. The number of hydrogen-bond donors (Lipinski definition) is 0. The van der Waals surface area contributed by atoms with E-state index in [9.17, 15) is 4.79 Å². The van der Waals surface area contributed by atoms with Crippen LogP contribution in [0.15, 0.2) is 48.3 Å². The van der Waals surface area contributed by atoms with Gasteiger partial charge in [-0.05, 0) is 12.2 Å². The maximum absolute atomic E-state index is 11.5. The van der Waals surface area contributed by atoms with Crippen LogP contribution in [-0.4, -0.2) is 17.1 Å². The molecule has 0 N–H and O–H groups in total. The fourth-order valence-corrected chi connectivity index (χ4v) is 1.58. The lowest BCUT2D eigenvalue weighted by Crippen LogP contribution is -2.23. The van der Waals surface area contributed by atoms with Crippen molar-refractivity contribution >= 4 is 5.97 Å². The molecule has 0 aliphatic heterocycles. The fraction of sp³-hybridized carbons (Fsp3) is 0.308. The van der Waals surface area contributed by atoms with Gasteiger partial charge in [0.15, 0.2) is 0 Å². The minimum atomic E-state index is -0.298. The zero-order chi connectivity index (χ0) is 12.1. The van der Waals surface area contributed by atoms with Gasteiger partial charge in [-0.1, -0.05) is 6.08 Å². The number of rotatable bonds is 5. The summed E-state index contributed by atoms with van der Waals surface area (Å²) in [5, 5.41) is 0. The van der Waals surface area contributed by atoms with Gasteiger partial charge in [-0.15, -0.1) is 5.73 Å². The highest BCUT2D eigenvalue weighted by Crippen LogP contribution is 2.04. The number of carbonyl (C=O) groups excluding carboxylic acids is 1. The number of aryl methyl sites for hydroxylation is 2. The average molecular weight is 231 g/mol. The van der Waals surface area contributed by atoms with Crippen LogP contribution in [0, 0.1) is 0 Å². The van der Waals surface area contributed by atoms with Crippen LogP contribution in [0.25, 0.3) is 0 Å². The third-order valence-corrected chi connectivity index (χ3v) is 2.44.